The molecule has 2 rings (SSSR count). The van der Waals surface area contributed by atoms with Crippen LogP contribution in [0.25, 0.3) is 0 Å². The van der Waals surface area contributed by atoms with Crippen molar-refractivity contribution < 1.29 is 4.79 Å². The standard InChI is InChI=1S/C14H23N3O/c1-4-17-13(9-11(2)15-17)10-16-8-6-5-7-14(16)12(3)18/h9,14H,4-8,10H2,1-3H3. The predicted molar refractivity (Wildman–Crippen MR) is 71.4 cm³/mol. The molecule has 4 heteroatoms. The second-order valence-corrected chi connectivity index (χ2v) is 5.19. The molecule has 1 fully saturated rings. The molecular formula is C14H23N3O. The summed E-state index contributed by atoms with van der Waals surface area (Å²) >= 11 is 0. The summed E-state index contributed by atoms with van der Waals surface area (Å²) in [5, 5.41) is 4.47. The average molecular weight is 249 g/mol. The molecule has 100 valence electrons. The largest absolute Gasteiger partial charge is 0.298 e. The second kappa shape index (κ2) is 5.65. The van der Waals surface area contributed by atoms with E-state index in [1.165, 1.54) is 18.5 Å². The fourth-order valence-electron chi connectivity index (χ4n) is 2.85. The Kier molecular flexibility index (Phi) is 4.17. The van der Waals surface area contributed by atoms with E-state index in [0.29, 0.717) is 5.78 Å². The highest BCUT2D eigenvalue weighted by Gasteiger charge is 2.26. The van der Waals surface area contributed by atoms with Gasteiger partial charge < -0.3 is 0 Å². The van der Waals surface area contributed by atoms with Crippen LogP contribution in [0, 0.1) is 6.92 Å². The number of ketones is 1. The number of hydrogen-bond donors (Lipinski definition) is 0. The number of Topliss-reactive ketones (excluding diaryl/α,β-unsaturated/α-hetero) is 1. The molecule has 1 aromatic rings. The molecule has 0 saturated carbocycles. The number of piperidine rings is 1. The normalized spacial score (nSPS) is 21.2. The van der Waals surface area contributed by atoms with E-state index in [0.717, 1.165) is 31.7 Å². The molecule has 0 radical (unpaired) electrons. The first-order valence-corrected chi connectivity index (χ1v) is 6.89. The molecule has 1 atom stereocenters. The third-order valence-corrected chi connectivity index (χ3v) is 3.73. The van der Waals surface area contributed by atoms with Gasteiger partial charge in [-0.25, -0.2) is 0 Å². The number of nitrogens with zero attached hydrogens (tertiary/aromatic N) is 3. The Morgan fingerprint density at radius 1 is 1.50 bits per heavy atom. The maximum Gasteiger partial charge on any atom is 0.146 e. The van der Waals surface area contributed by atoms with Gasteiger partial charge in [-0.1, -0.05) is 6.42 Å². The van der Waals surface area contributed by atoms with Gasteiger partial charge in [-0.2, -0.15) is 5.10 Å². The van der Waals surface area contributed by atoms with E-state index in [1.807, 2.05) is 11.6 Å². The maximum absolute atomic E-state index is 11.7. The molecule has 2 heterocycles. The first-order chi connectivity index (χ1) is 8.61. The zero-order valence-corrected chi connectivity index (χ0v) is 11.6. The molecule has 1 aromatic heterocycles. The molecule has 4 nitrogen and oxygen atoms in total. The summed E-state index contributed by atoms with van der Waals surface area (Å²) in [5.41, 5.74) is 2.28. The van der Waals surface area contributed by atoms with E-state index in [2.05, 4.69) is 23.0 Å². The summed E-state index contributed by atoms with van der Waals surface area (Å²) < 4.78 is 2.04. The van der Waals surface area contributed by atoms with Gasteiger partial charge in [0.05, 0.1) is 17.4 Å². The highest BCUT2D eigenvalue weighted by Crippen LogP contribution is 2.20. The molecule has 1 aliphatic heterocycles. The molecule has 1 saturated heterocycles. The highest BCUT2D eigenvalue weighted by atomic mass is 16.1. The number of carbonyl (C=O) groups is 1. The van der Waals surface area contributed by atoms with Gasteiger partial charge in [-0.15, -0.1) is 0 Å². The Labute approximate surface area is 109 Å². The lowest BCUT2D eigenvalue weighted by Crippen LogP contribution is -2.43. The average Bonchev–Trinajstić information content (AvgIpc) is 2.70. The van der Waals surface area contributed by atoms with Crippen molar-refractivity contribution in [3.05, 3.63) is 17.5 Å². The molecule has 0 bridgehead atoms. The number of aromatic nitrogens is 2. The van der Waals surface area contributed by atoms with Crippen LogP contribution in [0.5, 0.6) is 0 Å². The molecular weight excluding hydrogens is 226 g/mol. The summed E-state index contributed by atoms with van der Waals surface area (Å²) in [5.74, 6) is 0.300. The minimum absolute atomic E-state index is 0.110. The fraction of sp³-hybridized carbons (Fsp3) is 0.714. The van der Waals surface area contributed by atoms with E-state index in [1.54, 1.807) is 6.92 Å². The van der Waals surface area contributed by atoms with Crippen LogP contribution in [-0.2, 0) is 17.9 Å². The van der Waals surface area contributed by atoms with Crippen molar-refractivity contribution >= 4 is 5.78 Å². The van der Waals surface area contributed by atoms with Crippen molar-refractivity contribution in [1.82, 2.24) is 14.7 Å². The van der Waals surface area contributed by atoms with Crippen LogP contribution in [0.15, 0.2) is 6.07 Å². The van der Waals surface area contributed by atoms with Gasteiger partial charge in [-0.05, 0) is 46.2 Å². The third kappa shape index (κ3) is 2.80. The van der Waals surface area contributed by atoms with E-state index < -0.39 is 0 Å². The second-order valence-electron chi connectivity index (χ2n) is 5.19. The smallest absolute Gasteiger partial charge is 0.146 e. The Bertz CT molecular complexity index is 425. The first-order valence-electron chi connectivity index (χ1n) is 6.89. The zero-order valence-electron chi connectivity index (χ0n) is 11.6. The quantitative estimate of drug-likeness (QED) is 0.820. The zero-order chi connectivity index (χ0) is 13.1. The molecule has 0 aromatic carbocycles. The summed E-state index contributed by atoms with van der Waals surface area (Å²) in [6, 6.07) is 2.24. The number of likely N-dealkylation sites (tertiary alicyclic amines) is 1. The number of rotatable bonds is 4. The van der Waals surface area contributed by atoms with Gasteiger partial charge in [0.2, 0.25) is 0 Å². The van der Waals surface area contributed by atoms with Crippen molar-refractivity contribution in [2.24, 2.45) is 0 Å². The molecule has 0 amide bonds. The molecule has 1 unspecified atom stereocenters. The Morgan fingerprint density at radius 3 is 2.94 bits per heavy atom. The number of hydrogen-bond acceptors (Lipinski definition) is 3. The van der Waals surface area contributed by atoms with Gasteiger partial charge in [0.15, 0.2) is 0 Å². The minimum atomic E-state index is 0.110. The summed E-state index contributed by atoms with van der Waals surface area (Å²) in [6.07, 6.45) is 3.38. The van der Waals surface area contributed by atoms with Crippen LogP contribution >= 0.6 is 0 Å². The fourth-order valence-corrected chi connectivity index (χ4v) is 2.85. The summed E-state index contributed by atoms with van der Waals surface area (Å²) in [6.45, 7) is 8.60. The van der Waals surface area contributed by atoms with E-state index >= 15 is 0 Å². The highest BCUT2D eigenvalue weighted by molar-refractivity contribution is 5.81. The SMILES string of the molecule is CCn1nc(C)cc1CN1CCCCC1C(C)=O. The van der Waals surface area contributed by atoms with Crippen LogP contribution in [0.3, 0.4) is 0 Å². The third-order valence-electron chi connectivity index (χ3n) is 3.73. The minimum Gasteiger partial charge on any atom is -0.298 e. The molecule has 0 N–H and O–H groups in total. The Balaban J connectivity index is 2.13. The van der Waals surface area contributed by atoms with E-state index in [4.69, 9.17) is 0 Å². The van der Waals surface area contributed by atoms with Gasteiger partial charge in [0, 0.05) is 13.1 Å². The van der Waals surface area contributed by atoms with Gasteiger partial charge in [0.1, 0.15) is 5.78 Å². The lowest BCUT2D eigenvalue weighted by Gasteiger charge is -2.34. The van der Waals surface area contributed by atoms with Crippen molar-refractivity contribution in [1.29, 1.82) is 0 Å². The summed E-state index contributed by atoms with van der Waals surface area (Å²) in [7, 11) is 0. The Morgan fingerprint density at radius 2 is 2.28 bits per heavy atom. The van der Waals surface area contributed by atoms with Gasteiger partial charge in [-0.3, -0.25) is 14.4 Å². The van der Waals surface area contributed by atoms with Crippen LogP contribution in [-0.4, -0.2) is 33.1 Å². The summed E-state index contributed by atoms with van der Waals surface area (Å²) in [4.78, 5) is 14.0. The molecule has 0 spiro atoms. The lowest BCUT2D eigenvalue weighted by molar-refractivity contribution is -0.123. The Hall–Kier alpha value is -1.16. The van der Waals surface area contributed by atoms with Crippen LogP contribution in [0.4, 0.5) is 0 Å². The van der Waals surface area contributed by atoms with Gasteiger partial charge >= 0.3 is 0 Å². The van der Waals surface area contributed by atoms with Crippen molar-refractivity contribution in [3.8, 4) is 0 Å². The molecule has 1 aliphatic rings. The molecule has 18 heavy (non-hydrogen) atoms. The van der Waals surface area contributed by atoms with E-state index in [-0.39, 0.29) is 6.04 Å². The van der Waals surface area contributed by atoms with Crippen LogP contribution in [0.2, 0.25) is 0 Å². The first kappa shape index (κ1) is 13.3. The number of carbonyl (C=O) groups excluding carboxylic acids is 1. The monoisotopic (exact) mass is 249 g/mol. The maximum atomic E-state index is 11.7. The van der Waals surface area contributed by atoms with Gasteiger partial charge in [0.25, 0.3) is 0 Å². The van der Waals surface area contributed by atoms with Crippen molar-refractivity contribution in [2.75, 3.05) is 6.54 Å². The van der Waals surface area contributed by atoms with Crippen LogP contribution in [0.1, 0.15) is 44.5 Å². The lowest BCUT2D eigenvalue weighted by atomic mass is 9.99. The predicted octanol–water partition coefficient (Wildman–Crippen LogP) is 2.15. The number of aryl methyl sites for hydroxylation is 2. The van der Waals surface area contributed by atoms with Crippen molar-refractivity contribution in [2.45, 2.75) is 59.2 Å². The van der Waals surface area contributed by atoms with Crippen LogP contribution < -0.4 is 0 Å². The van der Waals surface area contributed by atoms with E-state index in [9.17, 15) is 4.79 Å². The topological polar surface area (TPSA) is 38.1 Å². The van der Waals surface area contributed by atoms with Crippen molar-refractivity contribution in [3.63, 3.8) is 0 Å². The molecule has 0 aliphatic carbocycles.